The van der Waals surface area contributed by atoms with Crippen LogP contribution in [0.1, 0.15) is 37.1 Å². The zero-order valence-corrected chi connectivity index (χ0v) is 12.9. The second-order valence-corrected chi connectivity index (χ2v) is 5.72. The van der Waals surface area contributed by atoms with Gasteiger partial charge in [-0.3, -0.25) is 4.79 Å². The van der Waals surface area contributed by atoms with Gasteiger partial charge in [-0.05, 0) is 35.9 Å². The third-order valence-corrected chi connectivity index (χ3v) is 4.14. The summed E-state index contributed by atoms with van der Waals surface area (Å²) >= 11 is 1.54. The highest BCUT2D eigenvalue weighted by Crippen LogP contribution is 2.19. The third kappa shape index (κ3) is 4.81. The zero-order chi connectivity index (χ0) is 15.1. The number of carbonyl (C=O) groups is 2. The fourth-order valence-corrected chi connectivity index (χ4v) is 2.90. The van der Waals surface area contributed by atoms with E-state index >= 15 is 0 Å². The molecule has 1 N–H and O–H groups in total. The Balaban J connectivity index is 2.64. The van der Waals surface area contributed by atoms with Crippen molar-refractivity contribution in [3.05, 3.63) is 28.0 Å². The quantitative estimate of drug-likeness (QED) is 0.786. The highest BCUT2D eigenvalue weighted by Gasteiger charge is 2.18. The number of carbonyl (C=O) groups excluding carboxylic acids is 1. The normalized spacial score (nSPS) is 11.2. The van der Waals surface area contributed by atoms with Gasteiger partial charge in [0.2, 0.25) is 5.91 Å². The number of carboxylic acids is 1. The summed E-state index contributed by atoms with van der Waals surface area (Å²) in [5.74, 6) is -0.698. The summed E-state index contributed by atoms with van der Waals surface area (Å²) < 4.78 is 0. The Hall–Kier alpha value is -1.62. The number of hydrogen-bond acceptors (Lipinski definition) is 3. The van der Waals surface area contributed by atoms with Crippen LogP contribution >= 0.6 is 11.3 Å². The van der Waals surface area contributed by atoms with Gasteiger partial charge in [0.25, 0.3) is 0 Å². The molecule has 0 fully saturated rings. The lowest BCUT2D eigenvalue weighted by molar-refractivity contribution is -0.135. The van der Waals surface area contributed by atoms with Crippen molar-refractivity contribution in [3.63, 3.8) is 0 Å². The van der Waals surface area contributed by atoms with E-state index in [1.165, 1.54) is 11.3 Å². The highest BCUT2D eigenvalue weighted by molar-refractivity contribution is 7.10. The largest absolute Gasteiger partial charge is 0.478 e. The van der Waals surface area contributed by atoms with Gasteiger partial charge in [0.1, 0.15) is 0 Å². The molecule has 4 nitrogen and oxygen atoms in total. The van der Waals surface area contributed by atoms with E-state index in [4.69, 9.17) is 5.11 Å². The van der Waals surface area contributed by atoms with Gasteiger partial charge in [-0.2, -0.15) is 0 Å². The van der Waals surface area contributed by atoms with Crippen LogP contribution in [0.2, 0.25) is 0 Å². The predicted octanol–water partition coefficient (Wildman–Crippen LogP) is 3.24. The van der Waals surface area contributed by atoms with Crippen LogP contribution in [-0.2, 0) is 16.1 Å². The van der Waals surface area contributed by atoms with E-state index in [0.29, 0.717) is 6.54 Å². The molecule has 1 heterocycles. The van der Waals surface area contributed by atoms with Gasteiger partial charge in [-0.15, -0.1) is 11.3 Å². The SMILES string of the molecule is CCC(CC)C(=O)N(C)Cc1cc(C=CC(=O)O)cs1. The number of thiophene rings is 1. The van der Waals surface area contributed by atoms with E-state index in [1.54, 1.807) is 11.0 Å². The summed E-state index contributed by atoms with van der Waals surface area (Å²) in [4.78, 5) is 25.4. The Morgan fingerprint density at radius 1 is 1.40 bits per heavy atom. The lowest BCUT2D eigenvalue weighted by Crippen LogP contribution is -2.31. The van der Waals surface area contributed by atoms with Crippen LogP contribution in [0.5, 0.6) is 0 Å². The first-order valence-electron chi connectivity index (χ1n) is 6.71. The lowest BCUT2D eigenvalue weighted by Gasteiger charge is -2.21. The van der Waals surface area contributed by atoms with Crippen molar-refractivity contribution in [1.29, 1.82) is 0 Å². The summed E-state index contributed by atoms with van der Waals surface area (Å²) in [6.45, 7) is 4.63. The van der Waals surface area contributed by atoms with Crippen LogP contribution in [-0.4, -0.2) is 28.9 Å². The van der Waals surface area contributed by atoms with Crippen LogP contribution in [0, 0.1) is 5.92 Å². The van der Waals surface area contributed by atoms with E-state index in [9.17, 15) is 9.59 Å². The van der Waals surface area contributed by atoms with Gasteiger partial charge < -0.3 is 10.0 Å². The Bertz CT molecular complexity index is 489. The Kier molecular flexibility index (Phi) is 6.45. The molecule has 110 valence electrons. The van der Waals surface area contributed by atoms with Crippen molar-refractivity contribution in [2.75, 3.05) is 7.05 Å². The van der Waals surface area contributed by atoms with Gasteiger partial charge in [0.15, 0.2) is 0 Å². The molecule has 0 aliphatic heterocycles. The minimum atomic E-state index is -0.959. The molecule has 0 saturated heterocycles. The second-order valence-electron chi connectivity index (χ2n) is 4.73. The molecule has 0 atom stereocenters. The second kappa shape index (κ2) is 7.85. The number of hydrogen-bond donors (Lipinski definition) is 1. The van der Waals surface area contributed by atoms with Crippen LogP contribution in [0.25, 0.3) is 6.08 Å². The average molecular weight is 295 g/mol. The van der Waals surface area contributed by atoms with E-state index in [2.05, 4.69) is 0 Å². The highest BCUT2D eigenvalue weighted by atomic mass is 32.1. The number of aliphatic carboxylic acids is 1. The molecule has 1 amide bonds. The monoisotopic (exact) mass is 295 g/mol. The summed E-state index contributed by atoms with van der Waals surface area (Å²) in [5.41, 5.74) is 0.857. The van der Waals surface area contributed by atoms with Crippen molar-refractivity contribution in [2.24, 2.45) is 5.92 Å². The van der Waals surface area contributed by atoms with E-state index < -0.39 is 5.97 Å². The van der Waals surface area contributed by atoms with Crippen LogP contribution in [0.15, 0.2) is 17.5 Å². The smallest absolute Gasteiger partial charge is 0.328 e. The van der Waals surface area contributed by atoms with Gasteiger partial charge in [0.05, 0.1) is 6.54 Å². The van der Waals surface area contributed by atoms with Crippen molar-refractivity contribution < 1.29 is 14.7 Å². The molecule has 1 aromatic rings. The Morgan fingerprint density at radius 3 is 2.60 bits per heavy atom. The average Bonchev–Trinajstić information content (AvgIpc) is 2.85. The van der Waals surface area contributed by atoms with Gasteiger partial charge in [0, 0.05) is 23.9 Å². The first-order chi connectivity index (χ1) is 9.47. The maximum absolute atomic E-state index is 12.2. The molecule has 5 heteroatoms. The molecule has 0 spiro atoms. The molecule has 0 aromatic carbocycles. The van der Waals surface area contributed by atoms with E-state index in [0.717, 1.165) is 29.4 Å². The van der Waals surface area contributed by atoms with E-state index in [1.807, 2.05) is 32.3 Å². The minimum Gasteiger partial charge on any atom is -0.478 e. The molecule has 1 rings (SSSR count). The topological polar surface area (TPSA) is 57.6 Å². The molecule has 0 aliphatic rings. The molecule has 0 aliphatic carbocycles. The van der Waals surface area contributed by atoms with E-state index in [-0.39, 0.29) is 11.8 Å². The molecular formula is C15H21NO3S. The molecule has 0 radical (unpaired) electrons. The fourth-order valence-electron chi connectivity index (χ4n) is 2.00. The minimum absolute atomic E-state index is 0.0892. The summed E-state index contributed by atoms with van der Waals surface area (Å²) in [6.07, 6.45) is 4.39. The molecule has 20 heavy (non-hydrogen) atoms. The third-order valence-electron chi connectivity index (χ3n) is 3.20. The van der Waals surface area contributed by atoms with Gasteiger partial charge >= 0.3 is 5.97 Å². The Labute approximate surface area is 123 Å². The van der Waals surface area contributed by atoms with Crippen molar-refractivity contribution in [3.8, 4) is 0 Å². The summed E-state index contributed by atoms with van der Waals surface area (Å²) in [6, 6.07) is 1.92. The maximum atomic E-state index is 12.2. The van der Waals surface area contributed by atoms with Crippen LogP contribution in [0.3, 0.4) is 0 Å². The predicted molar refractivity (Wildman–Crippen MR) is 81.5 cm³/mol. The van der Waals surface area contributed by atoms with Crippen molar-refractivity contribution in [2.45, 2.75) is 33.2 Å². The van der Waals surface area contributed by atoms with Gasteiger partial charge in [-0.25, -0.2) is 4.79 Å². The molecule has 0 bridgehead atoms. The summed E-state index contributed by atoms with van der Waals surface area (Å²) in [5, 5.41) is 10.5. The molecule has 0 saturated carbocycles. The number of carboxylic acid groups (broad SMARTS) is 1. The first kappa shape index (κ1) is 16.4. The van der Waals surface area contributed by atoms with Crippen molar-refractivity contribution >= 4 is 29.3 Å². The molecular weight excluding hydrogens is 274 g/mol. The van der Waals surface area contributed by atoms with Gasteiger partial charge in [-0.1, -0.05) is 13.8 Å². The fraction of sp³-hybridized carbons (Fsp3) is 0.467. The summed E-state index contributed by atoms with van der Waals surface area (Å²) in [7, 11) is 1.81. The van der Waals surface area contributed by atoms with Crippen molar-refractivity contribution in [1.82, 2.24) is 4.90 Å². The number of amides is 1. The molecule has 1 aromatic heterocycles. The van der Waals surface area contributed by atoms with Crippen LogP contribution in [0.4, 0.5) is 0 Å². The first-order valence-corrected chi connectivity index (χ1v) is 7.59. The Morgan fingerprint density at radius 2 is 2.05 bits per heavy atom. The standard InChI is InChI=1S/C15H21NO3S/c1-4-12(5-2)15(19)16(3)9-13-8-11(10-20-13)6-7-14(17)18/h6-8,10,12H,4-5,9H2,1-3H3,(H,17,18). The zero-order valence-electron chi connectivity index (χ0n) is 12.1. The lowest BCUT2D eigenvalue weighted by atomic mass is 10.0. The van der Waals surface area contributed by atoms with Crippen LogP contribution < -0.4 is 0 Å². The molecule has 0 unspecified atom stereocenters. The maximum Gasteiger partial charge on any atom is 0.328 e. The number of rotatable bonds is 7. The number of nitrogens with zero attached hydrogens (tertiary/aromatic N) is 1.